The normalized spacial score (nSPS) is 10.4. The number of rotatable bonds is 3. The van der Waals surface area contributed by atoms with E-state index in [1.807, 2.05) is 54.5 Å². The molecule has 3 nitrogen and oxygen atoms in total. The fraction of sp³-hybridized carbons (Fsp3) is 0.0625. The van der Waals surface area contributed by atoms with Crippen molar-refractivity contribution >= 4 is 11.6 Å². The predicted molar refractivity (Wildman–Crippen MR) is 78.5 cm³/mol. The second-order valence-electron chi connectivity index (χ2n) is 4.38. The zero-order valence-electron chi connectivity index (χ0n) is 10.7. The van der Waals surface area contributed by atoms with Gasteiger partial charge in [0.05, 0.1) is 11.9 Å². The predicted octanol–water partition coefficient (Wildman–Crippen LogP) is 3.84. The van der Waals surface area contributed by atoms with Crippen molar-refractivity contribution in [3.05, 3.63) is 66.9 Å². The highest BCUT2D eigenvalue weighted by Gasteiger charge is 2.08. The van der Waals surface area contributed by atoms with Gasteiger partial charge in [-0.2, -0.15) is 0 Å². The molecule has 3 heteroatoms. The minimum atomic E-state index is 0.838. The minimum absolute atomic E-state index is 0.838. The van der Waals surface area contributed by atoms with Gasteiger partial charge in [0.15, 0.2) is 0 Å². The SMILES string of the molecule is CN(c1ccccc1)c1ncc(-c2ccccc2)[nH]1. The Kier molecular flexibility index (Phi) is 3.02. The van der Waals surface area contributed by atoms with Gasteiger partial charge in [-0.05, 0) is 17.7 Å². The number of aromatic nitrogens is 2. The lowest BCUT2D eigenvalue weighted by molar-refractivity contribution is 1.10. The number of hydrogen-bond donors (Lipinski definition) is 1. The number of aromatic amines is 1. The van der Waals surface area contributed by atoms with Crippen LogP contribution in [0.25, 0.3) is 11.3 Å². The third kappa shape index (κ3) is 2.36. The Morgan fingerprint density at radius 2 is 1.53 bits per heavy atom. The molecule has 3 aromatic rings. The molecule has 0 aliphatic carbocycles. The highest BCUT2D eigenvalue weighted by Crippen LogP contribution is 2.23. The summed E-state index contributed by atoms with van der Waals surface area (Å²) < 4.78 is 0. The van der Waals surface area contributed by atoms with Gasteiger partial charge in [-0.25, -0.2) is 4.98 Å². The Morgan fingerprint density at radius 3 is 2.21 bits per heavy atom. The number of anilines is 2. The van der Waals surface area contributed by atoms with E-state index >= 15 is 0 Å². The summed E-state index contributed by atoms with van der Waals surface area (Å²) in [6.07, 6.45) is 1.87. The summed E-state index contributed by atoms with van der Waals surface area (Å²) in [7, 11) is 2.00. The lowest BCUT2D eigenvalue weighted by atomic mass is 10.2. The molecule has 19 heavy (non-hydrogen) atoms. The fourth-order valence-electron chi connectivity index (χ4n) is 2.02. The zero-order valence-corrected chi connectivity index (χ0v) is 10.7. The molecule has 1 N–H and O–H groups in total. The van der Waals surface area contributed by atoms with Gasteiger partial charge < -0.3 is 9.88 Å². The topological polar surface area (TPSA) is 31.9 Å². The van der Waals surface area contributed by atoms with E-state index < -0.39 is 0 Å². The van der Waals surface area contributed by atoms with Gasteiger partial charge in [-0.15, -0.1) is 0 Å². The lowest BCUT2D eigenvalue weighted by Crippen LogP contribution is -2.10. The Bertz CT molecular complexity index is 644. The van der Waals surface area contributed by atoms with Gasteiger partial charge in [0.25, 0.3) is 0 Å². The summed E-state index contributed by atoms with van der Waals surface area (Å²) in [4.78, 5) is 9.82. The molecule has 0 amide bonds. The minimum Gasteiger partial charge on any atom is -0.324 e. The molecule has 0 atom stereocenters. The van der Waals surface area contributed by atoms with Gasteiger partial charge in [-0.1, -0.05) is 48.5 Å². The average molecular weight is 249 g/mol. The molecule has 0 unspecified atom stereocenters. The van der Waals surface area contributed by atoms with E-state index in [0.717, 1.165) is 22.9 Å². The van der Waals surface area contributed by atoms with Crippen molar-refractivity contribution in [2.75, 3.05) is 11.9 Å². The number of H-pyrrole nitrogens is 1. The van der Waals surface area contributed by atoms with E-state index in [2.05, 4.69) is 34.2 Å². The van der Waals surface area contributed by atoms with Gasteiger partial charge >= 0.3 is 0 Å². The summed E-state index contributed by atoms with van der Waals surface area (Å²) in [6.45, 7) is 0. The smallest absolute Gasteiger partial charge is 0.207 e. The first-order valence-corrected chi connectivity index (χ1v) is 6.24. The fourth-order valence-corrected chi connectivity index (χ4v) is 2.02. The average Bonchev–Trinajstić information content (AvgIpc) is 2.98. The summed E-state index contributed by atoms with van der Waals surface area (Å²) in [5.74, 6) is 0.838. The van der Waals surface area contributed by atoms with E-state index in [1.165, 1.54) is 0 Å². The second kappa shape index (κ2) is 4.98. The molecule has 0 radical (unpaired) electrons. The van der Waals surface area contributed by atoms with Crippen molar-refractivity contribution in [3.8, 4) is 11.3 Å². The Balaban J connectivity index is 1.90. The summed E-state index contributed by atoms with van der Waals surface area (Å²) >= 11 is 0. The lowest BCUT2D eigenvalue weighted by Gasteiger charge is -2.15. The van der Waals surface area contributed by atoms with Crippen LogP contribution in [0.2, 0.25) is 0 Å². The van der Waals surface area contributed by atoms with Gasteiger partial charge in [0.1, 0.15) is 0 Å². The quantitative estimate of drug-likeness (QED) is 0.764. The molecule has 94 valence electrons. The third-order valence-corrected chi connectivity index (χ3v) is 3.11. The third-order valence-electron chi connectivity index (χ3n) is 3.11. The maximum Gasteiger partial charge on any atom is 0.207 e. The van der Waals surface area contributed by atoms with Crippen molar-refractivity contribution in [2.45, 2.75) is 0 Å². The summed E-state index contributed by atoms with van der Waals surface area (Å²) in [5, 5.41) is 0. The standard InChI is InChI=1S/C16H15N3/c1-19(14-10-6-3-7-11-14)16-17-12-15(18-16)13-8-4-2-5-9-13/h2-12H,1H3,(H,17,18). The van der Waals surface area contributed by atoms with Gasteiger partial charge in [0, 0.05) is 12.7 Å². The molecule has 0 saturated carbocycles. The molecule has 1 aromatic heterocycles. The Labute approximate surface area is 112 Å². The summed E-state index contributed by atoms with van der Waals surface area (Å²) in [6, 6.07) is 20.4. The molecular formula is C16H15N3. The van der Waals surface area contributed by atoms with Crippen molar-refractivity contribution in [1.82, 2.24) is 9.97 Å². The van der Waals surface area contributed by atoms with Crippen LogP contribution in [-0.4, -0.2) is 17.0 Å². The first kappa shape index (κ1) is 11.5. The van der Waals surface area contributed by atoms with Crippen molar-refractivity contribution < 1.29 is 0 Å². The van der Waals surface area contributed by atoms with E-state index in [0.29, 0.717) is 0 Å². The number of para-hydroxylation sites is 1. The maximum absolute atomic E-state index is 4.44. The molecular weight excluding hydrogens is 234 g/mol. The van der Waals surface area contributed by atoms with Gasteiger partial charge in [-0.3, -0.25) is 0 Å². The van der Waals surface area contributed by atoms with Gasteiger partial charge in [0.2, 0.25) is 5.95 Å². The van der Waals surface area contributed by atoms with Crippen molar-refractivity contribution in [1.29, 1.82) is 0 Å². The van der Waals surface area contributed by atoms with Crippen LogP contribution in [0.1, 0.15) is 0 Å². The Morgan fingerprint density at radius 1 is 0.895 bits per heavy atom. The Hall–Kier alpha value is -2.55. The molecule has 0 saturated heterocycles. The molecule has 0 bridgehead atoms. The van der Waals surface area contributed by atoms with Crippen LogP contribution in [0.3, 0.4) is 0 Å². The van der Waals surface area contributed by atoms with Crippen LogP contribution in [0.4, 0.5) is 11.6 Å². The van der Waals surface area contributed by atoms with Crippen molar-refractivity contribution in [3.63, 3.8) is 0 Å². The largest absolute Gasteiger partial charge is 0.324 e. The molecule has 0 aliphatic rings. The molecule has 1 heterocycles. The van der Waals surface area contributed by atoms with Crippen LogP contribution < -0.4 is 4.90 Å². The molecule has 3 rings (SSSR count). The van der Waals surface area contributed by atoms with E-state index in [1.54, 1.807) is 0 Å². The number of hydrogen-bond acceptors (Lipinski definition) is 2. The zero-order chi connectivity index (χ0) is 13.1. The summed E-state index contributed by atoms with van der Waals surface area (Å²) in [5.41, 5.74) is 3.28. The van der Waals surface area contributed by atoms with Crippen LogP contribution >= 0.6 is 0 Å². The number of benzene rings is 2. The van der Waals surface area contributed by atoms with Crippen LogP contribution in [0.15, 0.2) is 66.9 Å². The molecule has 0 aliphatic heterocycles. The van der Waals surface area contributed by atoms with Crippen molar-refractivity contribution in [2.24, 2.45) is 0 Å². The highest BCUT2D eigenvalue weighted by atomic mass is 15.2. The number of nitrogens with zero attached hydrogens (tertiary/aromatic N) is 2. The molecule has 0 spiro atoms. The molecule has 0 fully saturated rings. The van der Waals surface area contributed by atoms with E-state index in [4.69, 9.17) is 0 Å². The van der Waals surface area contributed by atoms with Crippen LogP contribution in [0, 0.1) is 0 Å². The monoisotopic (exact) mass is 249 g/mol. The number of nitrogens with one attached hydrogen (secondary N) is 1. The number of imidazole rings is 1. The first-order chi connectivity index (χ1) is 9.34. The second-order valence-corrected chi connectivity index (χ2v) is 4.38. The highest BCUT2D eigenvalue weighted by molar-refractivity contribution is 5.63. The van der Waals surface area contributed by atoms with E-state index in [-0.39, 0.29) is 0 Å². The first-order valence-electron chi connectivity index (χ1n) is 6.24. The van der Waals surface area contributed by atoms with E-state index in [9.17, 15) is 0 Å². The molecule has 2 aromatic carbocycles. The van der Waals surface area contributed by atoms with Crippen LogP contribution in [-0.2, 0) is 0 Å². The van der Waals surface area contributed by atoms with Crippen LogP contribution in [0.5, 0.6) is 0 Å². The maximum atomic E-state index is 4.44.